The lowest BCUT2D eigenvalue weighted by atomic mass is 9.87. The van der Waals surface area contributed by atoms with Crippen molar-refractivity contribution in [2.75, 3.05) is 31.1 Å². The van der Waals surface area contributed by atoms with Crippen molar-refractivity contribution in [1.29, 1.82) is 0 Å². The van der Waals surface area contributed by atoms with Crippen molar-refractivity contribution in [2.24, 2.45) is 0 Å². The Hall–Kier alpha value is -2.38. The first-order valence-electron chi connectivity index (χ1n) is 10.9. The first-order valence-corrected chi connectivity index (χ1v) is 12.4. The molecule has 0 aromatic heterocycles. The zero-order valence-corrected chi connectivity index (χ0v) is 19.3. The first-order chi connectivity index (χ1) is 14.7. The van der Waals surface area contributed by atoms with Gasteiger partial charge in [-0.3, -0.25) is 4.79 Å². The molecule has 1 fully saturated rings. The van der Waals surface area contributed by atoms with Gasteiger partial charge in [0, 0.05) is 37.3 Å². The summed E-state index contributed by atoms with van der Waals surface area (Å²) in [6.07, 6.45) is 2.15. The van der Waals surface area contributed by atoms with Crippen LogP contribution in [0.25, 0.3) is 0 Å². The minimum atomic E-state index is -3.64. The summed E-state index contributed by atoms with van der Waals surface area (Å²) >= 11 is 0. The number of hydrogen-bond acceptors (Lipinski definition) is 4. The van der Waals surface area contributed by atoms with Crippen LogP contribution in [0.5, 0.6) is 0 Å². The molecule has 0 saturated carbocycles. The Balaban J connectivity index is 1.54. The zero-order valence-electron chi connectivity index (χ0n) is 18.5. The Labute approximate surface area is 185 Å². The van der Waals surface area contributed by atoms with Crippen LogP contribution in [-0.2, 0) is 26.8 Å². The summed E-state index contributed by atoms with van der Waals surface area (Å²) in [6, 6.07) is 13.0. The maximum atomic E-state index is 13.0. The Morgan fingerprint density at radius 2 is 1.81 bits per heavy atom. The molecule has 2 aliphatic rings. The Bertz CT molecular complexity index is 1090. The van der Waals surface area contributed by atoms with Crippen LogP contribution in [0.4, 0.5) is 5.69 Å². The molecular weight excluding hydrogens is 410 g/mol. The largest absolute Gasteiger partial charge is 0.361 e. The molecule has 0 aliphatic carbocycles. The summed E-state index contributed by atoms with van der Waals surface area (Å²) in [5, 5.41) is 0. The molecular formula is C24H31N3O3S. The molecule has 2 heterocycles. The van der Waals surface area contributed by atoms with Crippen molar-refractivity contribution in [3.8, 4) is 0 Å². The Morgan fingerprint density at radius 3 is 2.52 bits per heavy atom. The summed E-state index contributed by atoms with van der Waals surface area (Å²) in [5.74, 6) is 0.151. The van der Waals surface area contributed by atoms with Crippen molar-refractivity contribution in [1.82, 2.24) is 9.62 Å². The molecule has 1 amide bonds. The number of amides is 1. The molecule has 2 aromatic carbocycles. The predicted molar refractivity (Wildman–Crippen MR) is 123 cm³/mol. The fourth-order valence-electron chi connectivity index (χ4n) is 4.58. The lowest BCUT2D eigenvalue weighted by Gasteiger charge is -2.24. The molecule has 0 spiro atoms. The fourth-order valence-corrected chi connectivity index (χ4v) is 5.62. The van der Waals surface area contributed by atoms with E-state index in [9.17, 15) is 13.2 Å². The second-order valence-electron chi connectivity index (χ2n) is 9.26. The van der Waals surface area contributed by atoms with E-state index in [4.69, 9.17) is 0 Å². The van der Waals surface area contributed by atoms with Gasteiger partial charge in [0.05, 0.1) is 11.4 Å². The quantitative estimate of drug-likeness (QED) is 0.748. The Kier molecular flexibility index (Phi) is 5.83. The molecule has 166 valence electrons. The molecule has 7 heteroatoms. The molecule has 4 rings (SSSR count). The van der Waals surface area contributed by atoms with E-state index in [1.165, 1.54) is 0 Å². The molecule has 6 nitrogen and oxygen atoms in total. The molecule has 0 bridgehead atoms. The highest BCUT2D eigenvalue weighted by atomic mass is 32.2. The number of carbonyl (C=O) groups excluding carboxylic acids is 1. The second kappa shape index (κ2) is 8.28. The summed E-state index contributed by atoms with van der Waals surface area (Å²) in [7, 11) is -3.64. The van der Waals surface area contributed by atoms with Crippen LogP contribution in [0.15, 0.2) is 47.4 Å². The second-order valence-corrected chi connectivity index (χ2v) is 11.0. The number of hydrogen-bond donors (Lipinski definition) is 1. The van der Waals surface area contributed by atoms with Crippen LogP contribution in [0.2, 0.25) is 0 Å². The lowest BCUT2D eigenvalue weighted by Crippen LogP contribution is -2.40. The summed E-state index contributed by atoms with van der Waals surface area (Å²) in [6.45, 7) is 9.15. The number of fused-ring (bicyclic) bond motifs is 1. The smallest absolute Gasteiger partial charge is 0.242 e. The van der Waals surface area contributed by atoms with E-state index in [0.29, 0.717) is 13.1 Å². The number of benzene rings is 2. The number of anilines is 1. The van der Waals surface area contributed by atoms with Crippen LogP contribution in [0.3, 0.4) is 0 Å². The van der Waals surface area contributed by atoms with Crippen LogP contribution < -0.4 is 9.62 Å². The van der Waals surface area contributed by atoms with Crippen molar-refractivity contribution < 1.29 is 13.2 Å². The average Bonchev–Trinajstić information content (AvgIpc) is 3.34. The van der Waals surface area contributed by atoms with E-state index >= 15 is 0 Å². The Morgan fingerprint density at radius 1 is 1.10 bits per heavy atom. The van der Waals surface area contributed by atoms with E-state index in [1.54, 1.807) is 12.1 Å². The first kappa shape index (κ1) is 21.8. The molecule has 0 radical (unpaired) electrons. The number of carbonyl (C=O) groups is 1. The summed E-state index contributed by atoms with van der Waals surface area (Å²) in [5.41, 5.74) is 3.70. The number of nitrogens with one attached hydrogen (secondary N) is 1. The third kappa shape index (κ3) is 4.48. The van der Waals surface area contributed by atoms with Crippen molar-refractivity contribution >= 4 is 21.6 Å². The van der Waals surface area contributed by atoms with Gasteiger partial charge in [-0.2, -0.15) is 0 Å². The normalized spacial score (nSPS) is 17.8. The highest BCUT2D eigenvalue weighted by Gasteiger charge is 2.37. The van der Waals surface area contributed by atoms with Gasteiger partial charge >= 0.3 is 0 Å². The SMILES string of the molecule is Cc1ccccc1CNS(=O)(=O)c1ccc2c(c1)C(C)(C)CN2CC(=O)N1CCCC1. The molecule has 31 heavy (non-hydrogen) atoms. The lowest BCUT2D eigenvalue weighted by molar-refractivity contribution is -0.128. The van der Waals surface area contributed by atoms with E-state index in [-0.39, 0.29) is 22.8 Å². The third-order valence-electron chi connectivity index (χ3n) is 6.43. The van der Waals surface area contributed by atoms with Crippen LogP contribution in [-0.4, -0.2) is 45.4 Å². The minimum absolute atomic E-state index is 0.151. The topological polar surface area (TPSA) is 69.7 Å². The highest BCUT2D eigenvalue weighted by Crippen LogP contribution is 2.41. The molecule has 2 aliphatic heterocycles. The number of nitrogens with zero attached hydrogens (tertiary/aromatic N) is 2. The molecule has 2 aromatic rings. The molecule has 1 N–H and O–H groups in total. The summed E-state index contributed by atoms with van der Waals surface area (Å²) < 4.78 is 28.7. The molecule has 1 saturated heterocycles. The van der Waals surface area contributed by atoms with Gasteiger partial charge in [0.25, 0.3) is 0 Å². The van der Waals surface area contributed by atoms with Gasteiger partial charge < -0.3 is 9.80 Å². The fraction of sp³-hybridized carbons (Fsp3) is 0.458. The van der Waals surface area contributed by atoms with Gasteiger partial charge in [0.15, 0.2) is 0 Å². The van der Waals surface area contributed by atoms with E-state index < -0.39 is 10.0 Å². The van der Waals surface area contributed by atoms with Gasteiger partial charge in [-0.15, -0.1) is 0 Å². The maximum Gasteiger partial charge on any atom is 0.242 e. The molecule has 0 atom stereocenters. The van der Waals surface area contributed by atoms with Crippen molar-refractivity contribution in [2.45, 2.75) is 50.5 Å². The summed E-state index contributed by atoms with van der Waals surface area (Å²) in [4.78, 5) is 17.0. The van der Waals surface area contributed by atoms with Gasteiger partial charge in [-0.05, 0) is 54.7 Å². The van der Waals surface area contributed by atoms with E-state index in [0.717, 1.165) is 48.3 Å². The van der Waals surface area contributed by atoms with Crippen LogP contribution >= 0.6 is 0 Å². The third-order valence-corrected chi connectivity index (χ3v) is 7.83. The van der Waals surface area contributed by atoms with Crippen LogP contribution in [0.1, 0.15) is 43.4 Å². The van der Waals surface area contributed by atoms with Crippen molar-refractivity contribution in [3.63, 3.8) is 0 Å². The number of aryl methyl sites for hydroxylation is 1. The molecule has 0 unspecified atom stereocenters. The van der Waals surface area contributed by atoms with E-state index in [1.807, 2.05) is 42.2 Å². The zero-order chi connectivity index (χ0) is 22.2. The van der Waals surface area contributed by atoms with E-state index in [2.05, 4.69) is 23.5 Å². The monoisotopic (exact) mass is 441 g/mol. The van der Waals surface area contributed by atoms with Crippen LogP contribution in [0, 0.1) is 6.92 Å². The average molecular weight is 442 g/mol. The number of rotatable bonds is 6. The number of sulfonamides is 1. The van der Waals surface area contributed by atoms with Gasteiger partial charge in [0.1, 0.15) is 0 Å². The highest BCUT2D eigenvalue weighted by molar-refractivity contribution is 7.89. The van der Waals surface area contributed by atoms with Crippen molar-refractivity contribution in [3.05, 3.63) is 59.2 Å². The van der Waals surface area contributed by atoms with Gasteiger partial charge in [0.2, 0.25) is 15.9 Å². The maximum absolute atomic E-state index is 13.0. The van der Waals surface area contributed by atoms with Gasteiger partial charge in [-0.25, -0.2) is 13.1 Å². The van der Waals surface area contributed by atoms with Gasteiger partial charge in [-0.1, -0.05) is 38.1 Å². The number of likely N-dealkylation sites (tertiary alicyclic amines) is 1. The standard InChI is InChI=1S/C24H31N3O3S/c1-18-8-4-5-9-19(18)15-25-31(29,30)20-10-11-22-21(14-20)24(2,3)17-27(22)16-23(28)26-12-6-7-13-26/h4-5,8-11,14,25H,6-7,12-13,15-17H2,1-3H3. The minimum Gasteiger partial charge on any atom is -0.361 e. The predicted octanol–water partition coefficient (Wildman–Crippen LogP) is 3.19.